The molecule has 3 nitrogen and oxygen atoms in total. The van der Waals surface area contributed by atoms with Crippen molar-refractivity contribution in [1.82, 2.24) is 4.98 Å². The van der Waals surface area contributed by atoms with Crippen LogP contribution in [-0.4, -0.2) is 16.6 Å². The van der Waals surface area contributed by atoms with Gasteiger partial charge in [0, 0.05) is 17.2 Å². The van der Waals surface area contributed by atoms with Gasteiger partial charge in [0.2, 0.25) is 0 Å². The SMILES string of the molecule is CC(C)(C)OC(=O)/C=C/c1cnc(/C=C/c2ccccc2)s1. The second-order valence-corrected chi connectivity index (χ2v) is 6.81. The van der Waals surface area contributed by atoms with Crippen molar-refractivity contribution in [2.24, 2.45) is 0 Å². The lowest BCUT2D eigenvalue weighted by atomic mass is 10.2. The summed E-state index contributed by atoms with van der Waals surface area (Å²) in [4.78, 5) is 16.8. The third kappa shape index (κ3) is 5.66. The summed E-state index contributed by atoms with van der Waals surface area (Å²) in [6.07, 6.45) is 8.89. The number of rotatable bonds is 4. The van der Waals surface area contributed by atoms with E-state index in [1.54, 1.807) is 12.3 Å². The van der Waals surface area contributed by atoms with Gasteiger partial charge in [0.25, 0.3) is 0 Å². The fourth-order valence-electron chi connectivity index (χ4n) is 1.67. The van der Waals surface area contributed by atoms with E-state index in [9.17, 15) is 4.79 Å². The standard InChI is InChI=1S/C18H19NO2S/c1-18(2,3)21-17(20)12-10-15-13-19-16(22-15)11-9-14-7-5-4-6-8-14/h4-13H,1-3H3/b11-9+,12-10+. The number of ether oxygens (including phenoxy) is 1. The van der Waals surface area contributed by atoms with E-state index in [1.807, 2.05) is 63.3 Å². The Kier molecular flexibility index (Phi) is 5.28. The van der Waals surface area contributed by atoms with Crippen LogP contribution in [-0.2, 0) is 9.53 Å². The van der Waals surface area contributed by atoms with Gasteiger partial charge < -0.3 is 4.74 Å². The Labute approximate surface area is 135 Å². The molecule has 2 rings (SSSR count). The fourth-order valence-corrected chi connectivity index (χ4v) is 2.40. The molecule has 0 saturated heterocycles. The zero-order chi connectivity index (χ0) is 16.0. The second-order valence-electron chi connectivity index (χ2n) is 5.71. The first-order valence-corrected chi connectivity index (χ1v) is 7.84. The van der Waals surface area contributed by atoms with Crippen molar-refractivity contribution in [2.45, 2.75) is 26.4 Å². The number of nitrogens with zero attached hydrogens (tertiary/aromatic N) is 1. The quantitative estimate of drug-likeness (QED) is 0.608. The molecule has 0 amide bonds. The molecule has 0 aliphatic heterocycles. The van der Waals surface area contributed by atoms with Crippen molar-refractivity contribution >= 4 is 35.5 Å². The van der Waals surface area contributed by atoms with E-state index in [0.29, 0.717) is 0 Å². The molecular weight excluding hydrogens is 294 g/mol. The van der Waals surface area contributed by atoms with Crippen LogP contribution in [0, 0.1) is 0 Å². The van der Waals surface area contributed by atoms with Gasteiger partial charge in [-0.2, -0.15) is 0 Å². The number of thiazole rings is 1. The van der Waals surface area contributed by atoms with Crippen LogP contribution < -0.4 is 0 Å². The summed E-state index contributed by atoms with van der Waals surface area (Å²) >= 11 is 1.52. The summed E-state index contributed by atoms with van der Waals surface area (Å²) < 4.78 is 5.22. The third-order valence-corrected chi connectivity index (χ3v) is 3.48. The predicted octanol–water partition coefficient (Wildman–Crippen LogP) is 4.67. The molecule has 0 radical (unpaired) electrons. The summed E-state index contributed by atoms with van der Waals surface area (Å²) in [6.45, 7) is 5.54. The summed E-state index contributed by atoms with van der Waals surface area (Å²) in [7, 11) is 0. The van der Waals surface area contributed by atoms with E-state index >= 15 is 0 Å². The number of carbonyl (C=O) groups excluding carboxylic acids is 1. The number of aromatic nitrogens is 1. The summed E-state index contributed by atoms with van der Waals surface area (Å²) in [5.74, 6) is -0.345. The highest BCUT2D eigenvalue weighted by molar-refractivity contribution is 7.13. The molecule has 0 bridgehead atoms. The summed E-state index contributed by atoms with van der Waals surface area (Å²) in [5, 5.41) is 0.896. The fraction of sp³-hybridized carbons (Fsp3) is 0.222. The Morgan fingerprint density at radius 3 is 2.55 bits per heavy atom. The molecule has 0 spiro atoms. The van der Waals surface area contributed by atoms with Gasteiger partial charge in [-0.1, -0.05) is 36.4 Å². The minimum atomic E-state index is -0.474. The van der Waals surface area contributed by atoms with Gasteiger partial charge in [-0.15, -0.1) is 11.3 Å². The van der Waals surface area contributed by atoms with Crippen LogP contribution in [0.4, 0.5) is 0 Å². The van der Waals surface area contributed by atoms with Gasteiger partial charge in [0.1, 0.15) is 10.6 Å². The van der Waals surface area contributed by atoms with Crippen molar-refractivity contribution in [3.8, 4) is 0 Å². The molecule has 0 aliphatic rings. The maximum atomic E-state index is 11.6. The average Bonchev–Trinajstić information content (AvgIpc) is 2.90. The second kappa shape index (κ2) is 7.18. The average molecular weight is 313 g/mol. The lowest BCUT2D eigenvalue weighted by molar-refractivity contribution is -0.148. The lowest BCUT2D eigenvalue weighted by Crippen LogP contribution is -2.22. The molecule has 2 aromatic rings. The van der Waals surface area contributed by atoms with Gasteiger partial charge in [-0.05, 0) is 38.5 Å². The first kappa shape index (κ1) is 16.2. The van der Waals surface area contributed by atoms with E-state index in [2.05, 4.69) is 4.98 Å². The first-order chi connectivity index (χ1) is 10.4. The molecule has 0 unspecified atom stereocenters. The Hall–Kier alpha value is -2.20. The molecule has 114 valence electrons. The number of benzene rings is 1. The Bertz CT molecular complexity index is 679. The highest BCUT2D eigenvalue weighted by Crippen LogP contribution is 2.17. The topological polar surface area (TPSA) is 39.2 Å². The molecule has 1 aromatic heterocycles. The van der Waals surface area contributed by atoms with Crippen LogP contribution in [0.5, 0.6) is 0 Å². The van der Waals surface area contributed by atoms with Crippen LogP contribution in [0.25, 0.3) is 18.2 Å². The van der Waals surface area contributed by atoms with Crippen molar-refractivity contribution < 1.29 is 9.53 Å². The van der Waals surface area contributed by atoms with Crippen LogP contribution in [0.15, 0.2) is 42.6 Å². The van der Waals surface area contributed by atoms with Gasteiger partial charge in [0.15, 0.2) is 0 Å². The van der Waals surface area contributed by atoms with Crippen molar-refractivity contribution in [1.29, 1.82) is 0 Å². The van der Waals surface area contributed by atoms with E-state index in [-0.39, 0.29) is 5.97 Å². The molecule has 1 heterocycles. The molecule has 4 heteroatoms. The predicted molar refractivity (Wildman–Crippen MR) is 92.4 cm³/mol. The van der Waals surface area contributed by atoms with Gasteiger partial charge >= 0.3 is 5.97 Å². The van der Waals surface area contributed by atoms with E-state index in [1.165, 1.54) is 17.4 Å². The smallest absolute Gasteiger partial charge is 0.331 e. The van der Waals surface area contributed by atoms with Gasteiger partial charge in [-0.25, -0.2) is 9.78 Å². The molecule has 0 atom stereocenters. The van der Waals surface area contributed by atoms with Gasteiger partial charge in [-0.3, -0.25) is 0 Å². The highest BCUT2D eigenvalue weighted by Gasteiger charge is 2.13. The van der Waals surface area contributed by atoms with Crippen LogP contribution in [0.3, 0.4) is 0 Å². The van der Waals surface area contributed by atoms with E-state index in [4.69, 9.17) is 4.74 Å². The maximum absolute atomic E-state index is 11.6. The summed E-state index contributed by atoms with van der Waals surface area (Å²) in [6, 6.07) is 10.0. The normalized spacial score (nSPS) is 12.1. The molecule has 0 saturated carbocycles. The monoisotopic (exact) mass is 313 g/mol. The minimum Gasteiger partial charge on any atom is -0.457 e. The molecule has 0 N–H and O–H groups in total. The minimum absolute atomic E-state index is 0.345. The Morgan fingerprint density at radius 1 is 1.14 bits per heavy atom. The molecule has 22 heavy (non-hydrogen) atoms. The van der Waals surface area contributed by atoms with E-state index in [0.717, 1.165) is 15.4 Å². The van der Waals surface area contributed by atoms with Crippen molar-refractivity contribution in [3.05, 3.63) is 58.1 Å². The van der Waals surface area contributed by atoms with Gasteiger partial charge in [0.05, 0.1) is 0 Å². The maximum Gasteiger partial charge on any atom is 0.331 e. The Balaban J connectivity index is 1.97. The summed E-state index contributed by atoms with van der Waals surface area (Å²) in [5.41, 5.74) is 0.655. The molecule has 0 fully saturated rings. The largest absolute Gasteiger partial charge is 0.457 e. The number of hydrogen-bond donors (Lipinski definition) is 0. The van der Waals surface area contributed by atoms with Crippen LogP contribution in [0.2, 0.25) is 0 Å². The number of carbonyl (C=O) groups is 1. The van der Waals surface area contributed by atoms with E-state index < -0.39 is 5.60 Å². The van der Waals surface area contributed by atoms with Crippen LogP contribution >= 0.6 is 11.3 Å². The molecule has 1 aromatic carbocycles. The van der Waals surface area contributed by atoms with Crippen LogP contribution in [0.1, 0.15) is 36.2 Å². The third-order valence-electron chi connectivity index (χ3n) is 2.55. The molecular formula is C18H19NO2S. The zero-order valence-corrected chi connectivity index (χ0v) is 13.8. The number of esters is 1. The number of hydrogen-bond acceptors (Lipinski definition) is 4. The molecule has 0 aliphatic carbocycles. The zero-order valence-electron chi connectivity index (χ0n) is 12.9. The highest BCUT2D eigenvalue weighted by atomic mass is 32.1. The lowest BCUT2D eigenvalue weighted by Gasteiger charge is -2.17. The first-order valence-electron chi connectivity index (χ1n) is 7.02. The Morgan fingerprint density at radius 2 is 1.86 bits per heavy atom. The van der Waals surface area contributed by atoms with Crippen molar-refractivity contribution in [2.75, 3.05) is 0 Å². The van der Waals surface area contributed by atoms with Crippen molar-refractivity contribution in [3.63, 3.8) is 0 Å².